The van der Waals surface area contributed by atoms with Crippen molar-refractivity contribution >= 4 is 10.9 Å². The first-order valence-electron chi connectivity index (χ1n) is 10.4. The Hall–Kier alpha value is -2.63. The summed E-state index contributed by atoms with van der Waals surface area (Å²) in [5, 5.41) is 1.03. The fourth-order valence-electron chi connectivity index (χ4n) is 4.46. The van der Waals surface area contributed by atoms with Crippen LogP contribution in [0.4, 0.5) is 0 Å². The highest BCUT2D eigenvalue weighted by atomic mass is 16.5. The SMILES string of the molecule is CO[C@H]1CC[C@](OC)(c2cccc(OCc3ccc4c(ccc(=O)n4C)c3)c2)CC1. The minimum absolute atomic E-state index is 0.00470. The van der Waals surface area contributed by atoms with E-state index < -0.39 is 0 Å². The van der Waals surface area contributed by atoms with Crippen LogP contribution >= 0.6 is 0 Å². The van der Waals surface area contributed by atoms with Gasteiger partial charge in [0.15, 0.2) is 0 Å². The van der Waals surface area contributed by atoms with Crippen LogP contribution in [0.15, 0.2) is 59.4 Å². The molecule has 0 aliphatic heterocycles. The Morgan fingerprint density at radius 2 is 1.83 bits per heavy atom. The summed E-state index contributed by atoms with van der Waals surface area (Å²) >= 11 is 0. The number of hydrogen-bond donors (Lipinski definition) is 0. The third-order valence-electron chi connectivity index (χ3n) is 6.42. The van der Waals surface area contributed by atoms with Gasteiger partial charge in [0.1, 0.15) is 12.4 Å². The predicted octanol–water partition coefficient (Wildman–Crippen LogP) is 4.55. The molecule has 4 rings (SSSR count). The number of ether oxygens (including phenoxy) is 3. The topological polar surface area (TPSA) is 49.7 Å². The van der Waals surface area contributed by atoms with E-state index in [4.69, 9.17) is 14.2 Å². The highest BCUT2D eigenvalue weighted by Gasteiger charge is 2.37. The fourth-order valence-corrected chi connectivity index (χ4v) is 4.46. The summed E-state index contributed by atoms with van der Waals surface area (Å²) in [7, 11) is 5.37. The largest absolute Gasteiger partial charge is 0.489 e. The molecular formula is C25H29NO4. The predicted molar refractivity (Wildman–Crippen MR) is 118 cm³/mol. The summed E-state index contributed by atoms with van der Waals surface area (Å²) in [6.07, 6.45) is 4.19. The molecule has 1 fully saturated rings. The van der Waals surface area contributed by atoms with Crippen molar-refractivity contribution in [3.05, 3.63) is 76.1 Å². The minimum atomic E-state index is -0.276. The molecule has 0 atom stereocenters. The molecule has 30 heavy (non-hydrogen) atoms. The highest BCUT2D eigenvalue weighted by molar-refractivity contribution is 5.79. The molecule has 1 aromatic heterocycles. The number of aromatic nitrogens is 1. The molecule has 0 bridgehead atoms. The van der Waals surface area contributed by atoms with Gasteiger partial charge in [0.2, 0.25) is 0 Å². The van der Waals surface area contributed by atoms with Gasteiger partial charge in [-0.25, -0.2) is 0 Å². The highest BCUT2D eigenvalue weighted by Crippen LogP contribution is 2.41. The van der Waals surface area contributed by atoms with E-state index in [0.717, 1.165) is 53.5 Å². The molecule has 0 unspecified atom stereocenters. The Morgan fingerprint density at radius 3 is 2.57 bits per heavy atom. The zero-order valence-electron chi connectivity index (χ0n) is 17.9. The molecule has 2 aromatic carbocycles. The maximum Gasteiger partial charge on any atom is 0.250 e. The summed E-state index contributed by atoms with van der Waals surface area (Å²) in [5.74, 6) is 0.832. The third kappa shape index (κ3) is 4.00. The third-order valence-corrected chi connectivity index (χ3v) is 6.42. The summed E-state index contributed by atoms with van der Waals surface area (Å²) in [6.45, 7) is 0.466. The van der Waals surface area contributed by atoms with Gasteiger partial charge in [-0.15, -0.1) is 0 Å². The molecule has 0 saturated heterocycles. The van der Waals surface area contributed by atoms with E-state index in [1.807, 2.05) is 30.3 Å². The quantitative estimate of drug-likeness (QED) is 0.602. The maximum absolute atomic E-state index is 11.8. The first kappa shape index (κ1) is 20.6. The van der Waals surface area contributed by atoms with Crippen molar-refractivity contribution in [2.75, 3.05) is 14.2 Å². The van der Waals surface area contributed by atoms with Crippen LogP contribution in [0.2, 0.25) is 0 Å². The number of aryl methyl sites for hydroxylation is 1. The molecule has 0 amide bonds. The van der Waals surface area contributed by atoms with E-state index in [-0.39, 0.29) is 11.2 Å². The van der Waals surface area contributed by atoms with Crippen LogP contribution in [0, 0.1) is 0 Å². The molecule has 0 spiro atoms. The Balaban J connectivity index is 1.50. The van der Waals surface area contributed by atoms with Gasteiger partial charge in [-0.05, 0) is 72.5 Å². The molecule has 5 heteroatoms. The molecule has 3 aromatic rings. The second-order valence-electron chi connectivity index (χ2n) is 8.07. The molecule has 1 aliphatic carbocycles. The van der Waals surface area contributed by atoms with Crippen molar-refractivity contribution in [2.24, 2.45) is 7.05 Å². The lowest BCUT2D eigenvalue weighted by atomic mass is 9.78. The standard InChI is InChI=1S/C25H29NO4/c1-26-23-9-7-18(15-19(23)8-10-24(26)27)17-30-22-6-4-5-20(16-22)25(29-3)13-11-21(28-2)12-14-25/h4-10,15-16,21H,11-14,17H2,1-3H3/t21-,25+. The zero-order chi connectivity index (χ0) is 21.1. The lowest BCUT2D eigenvalue weighted by Gasteiger charge is -2.39. The Morgan fingerprint density at radius 1 is 1.03 bits per heavy atom. The molecule has 1 heterocycles. The number of rotatable bonds is 6. The van der Waals surface area contributed by atoms with Crippen molar-refractivity contribution in [3.8, 4) is 5.75 Å². The van der Waals surface area contributed by atoms with Crippen molar-refractivity contribution in [2.45, 2.75) is 44.0 Å². The number of nitrogens with zero attached hydrogens (tertiary/aromatic N) is 1. The van der Waals surface area contributed by atoms with E-state index >= 15 is 0 Å². The van der Waals surface area contributed by atoms with Gasteiger partial charge in [0, 0.05) is 27.3 Å². The Bertz CT molecular complexity index is 1080. The summed E-state index contributed by atoms with van der Waals surface area (Å²) in [4.78, 5) is 11.8. The smallest absolute Gasteiger partial charge is 0.250 e. The van der Waals surface area contributed by atoms with E-state index in [0.29, 0.717) is 12.7 Å². The fraction of sp³-hybridized carbons (Fsp3) is 0.400. The van der Waals surface area contributed by atoms with Crippen molar-refractivity contribution < 1.29 is 14.2 Å². The van der Waals surface area contributed by atoms with Gasteiger partial charge in [0.25, 0.3) is 5.56 Å². The number of fused-ring (bicyclic) bond motifs is 1. The summed E-state index contributed by atoms with van der Waals surface area (Å²) in [5.41, 5.74) is 2.86. The van der Waals surface area contributed by atoms with Crippen LogP contribution in [0.3, 0.4) is 0 Å². The van der Waals surface area contributed by atoms with Crippen LogP contribution in [0.25, 0.3) is 10.9 Å². The van der Waals surface area contributed by atoms with Crippen molar-refractivity contribution in [1.29, 1.82) is 0 Å². The van der Waals surface area contributed by atoms with E-state index in [1.165, 1.54) is 0 Å². The number of methoxy groups -OCH3 is 2. The minimum Gasteiger partial charge on any atom is -0.489 e. The molecule has 0 N–H and O–H groups in total. The van der Waals surface area contributed by atoms with Crippen LogP contribution in [-0.4, -0.2) is 24.9 Å². The van der Waals surface area contributed by atoms with Crippen LogP contribution in [-0.2, 0) is 28.7 Å². The van der Waals surface area contributed by atoms with Gasteiger partial charge in [-0.1, -0.05) is 18.2 Å². The van der Waals surface area contributed by atoms with Crippen molar-refractivity contribution in [1.82, 2.24) is 4.57 Å². The lowest BCUT2D eigenvalue weighted by Crippen LogP contribution is -2.35. The average Bonchev–Trinajstić information content (AvgIpc) is 2.80. The average molecular weight is 408 g/mol. The molecule has 5 nitrogen and oxygen atoms in total. The summed E-state index contributed by atoms with van der Waals surface area (Å²) in [6, 6.07) is 17.7. The van der Waals surface area contributed by atoms with Crippen LogP contribution < -0.4 is 10.3 Å². The number of benzene rings is 2. The molecule has 1 saturated carbocycles. The molecular weight excluding hydrogens is 378 g/mol. The van der Waals surface area contributed by atoms with Gasteiger partial charge in [0.05, 0.1) is 17.2 Å². The Kier molecular flexibility index (Phi) is 5.93. The van der Waals surface area contributed by atoms with Crippen LogP contribution in [0.5, 0.6) is 5.75 Å². The van der Waals surface area contributed by atoms with Gasteiger partial charge >= 0.3 is 0 Å². The zero-order valence-corrected chi connectivity index (χ0v) is 17.9. The second kappa shape index (κ2) is 8.62. The Labute approximate surface area is 177 Å². The number of pyridine rings is 1. The maximum atomic E-state index is 11.8. The van der Waals surface area contributed by atoms with E-state index in [9.17, 15) is 4.79 Å². The normalized spacial score (nSPS) is 21.6. The van der Waals surface area contributed by atoms with Crippen molar-refractivity contribution in [3.63, 3.8) is 0 Å². The molecule has 158 valence electrons. The summed E-state index contributed by atoms with van der Waals surface area (Å²) < 4.78 is 19.3. The van der Waals surface area contributed by atoms with E-state index in [2.05, 4.69) is 18.2 Å². The van der Waals surface area contributed by atoms with Gasteiger partial charge in [-0.3, -0.25) is 4.79 Å². The van der Waals surface area contributed by atoms with Gasteiger partial charge < -0.3 is 18.8 Å². The first-order valence-corrected chi connectivity index (χ1v) is 10.4. The molecule has 0 radical (unpaired) electrons. The molecule has 1 aliphatic rings. The lowest BCUT2D eigenvalue weighted by molar-refractivity contribution is -0.0762. The monoisotopic (exact) mass is 407 g/mol. The second-order valence-corrected chi connectivity index (χ2v) is 8.07. The van der Waals surface area contributed by atoms with E-state index in [1.54, 1.807) is 31.9 Å². The van der Waals surface area contributed by atoms with Crippen LogP contribution in [0.1, 0.15) is 36.8 Å². The first-order chi connectivity index (χ1) is 14.5. The number of hydrogen-bond acceptors (Lipinski definition) is 4. The van der Waals surface area contributed by atoms with Gasteiger partial charge in [-0.2, -0.15) is 0 Å².